The third-order valence-corrected chi connectivity index (χ3v) is 3.22. The molecule has 0 aromatic carbocycles. The first-order valence-electron chi connectivity index (χ1n) is 6.78. The van der Waals surface area contributed by atoms with Gasteiger partial charge in [-0.2, -0.15) is 14.7 Å². The Labute approximate surface area is 112 Å². The molecule has 2 aromatic rings. The van der Waals surface area contributed by atoms with Crippen LogP contribution in [0.2, 0.25) is 0 Å². The number of H-pyrrole nitrogens is 1. The predicted molar refractivity (Wildman–Crippen MR) is 74.2 cm³/mol. The fourth-order valence-electron chi connectivity index (χ4n) is 2.05. The third-order valence-electron chi connectivity index (χ3n) is 3.22. The number of aromatic nitrogens is 4. The summed E-state index contributed by atoms with van der Waals surface area (Å²) in [5.74, 6) is 0.519. The summed E-state index contributed by atoms with van der Waals surface area (Å²) in [6.07, 6.45) is 1.92. The summed E-state index contributed by atoms with van der Waals surface area (Å²) in [5, 5.41) is 14.1. The fourth-order valence-corrected chi connectivity index (χ4v) is 2.05. The Morgan fingerprint density at radius 1 is 1.42 bits per heavy atom. The Morgan fingerprint density at radius 2 is 2.21 bits per heavy atom. The van der Waals surface area contributed by atoms with Crippen LogP contribution in [0.4, 0.5) is 0 Å². The second-order valence-electron chi connectivity index (χ2n) is 5.13. The van der Waals surface area contributed by atoms with Gasteiger partial charge >= 0.3 is 5.69 Å². The van der Waals surface area contributed by atoms with Crippen LogP contribution in [0.3, 0.4) is 0 Å². The van der Waals surface area contributed by atoms with E-state index in [9.17, 15) is 4.79 Å². The number of nitrogens with one attached hydrogen (secondary N) is 2. The van der Waals surface area contributed by atoms with E-state index in [1.807, 2.05) is 12.1 Å². The summed E-state index contributed by atoms with van der Waals surface area (Å²) in [5.41, 5.74) is 1.16. The van der Waals surface area contributed by atoms with Gasteiger partial charge in [-0.15, -0.1) is 0 Å². The maximum absolute atomic E-state index is 11.5. The molecular weight excluding hydrogens is 242 g/mol. The van der Waals surface area contributed by atoms with E-state index in [1.165, 1.54) is 4.52 Å². The highest BCUT2D eigenvalue weighted by molar-refractivity contribution is 5.34. The molecule has 0 aliphatic carbocycles. The fraction of sp³-hybridized carbons (Fsp3) is 0.615. The molecule has 104 valence electrons. The molecule has 2 aromatic heterocycles. The van der Waals surface area contributed by atoms with Crippen LogP contribution in [0.5, 0.6) is 0 Å². The third kappa shape index (κ3) is 3.20. The maximum Gasteiger partial charge on any atom is 0.364 e. The molecule has 6 heteroatoms. The molecule has 19 heavy (non-hydrogen) atoms. The number of aromatic amines is 1. The first-order chi connectivity index (χ1) is 9.11. The van der Waals surface area contributed by atoms with Gasteiger partial charge in [0.1, 0.15) is 0 Å². The molecule has 2 rings (SSSR count). The van der Waals surface area contributed by atoms with Gasteiger partial charge in [-0.3, -0.25) is 0 Å². The second-order valence-corrected chi connectivity index (χ2v) is 5.13. The number of nitrogens with zero attached hydrogens (tertiary/aromatic N) is 3. The zero-order valence-electron chi connectivity index (χ0n) is 11.7. The topological polar surface area (TPSA) is 75.1 Å². The number of fused-ring (bicyclic) bond motifs is 1. The zero-order valence-corrected chi connectivity index (χ0v) is 11.7. The summed E-state index contributed by atoms with van der Waals surface area (Å²) in [6, 6.07) is 4.11. The van der Waals surface area contributed by atoms with Crippen molar-refractivity contribution in [1.82, 2.24) is 25.1 Å². The summed E-state index contributed by atoms with van der Waals surface area (Å²) >= 11 is 0. The van der Waals surface area contributed by atoms with E-state index in [0.29, 0.717) is 17.6 Å². The Morgan fingerprint density at radius 3 is 2.89 bits per heavy atom. The van der Waals surface area contributed by atoms with E-state index in [-0.39, 0.29) is 5.69 Å². The first kappa shape index (κ1) is 13.7. The minimum absolute atomic E-state index is 0.292. The summed E-state index contributed by atoms with van der Waals surface area (Å²) in [6.45, 7) is 7.53. The van der Waals surface area contributed by atoms with Gasteiger partial charge in [0.05, 0.1) is 5.69 Å². The van der Waals surface area contributed by atoms with Gasteiger partial charge in [0.2, 0.25) is 0 Å². The minimum atomic E-state index is -0.292. The van der Waals surface area contributed by atoms with Crippen molar-refractivity contribution in [2.45, 2.75) is 39.7 Å². The van der Waals surface area contributed by atoms with E-state index < -0.39 is 0 Å². The van der Waals surface area contributed by atoms with Gasteiger partial charge in [-0.25, -0.2) is 9.89 Å². The van der Waals surface area contributed by atoms with Crippen LogP contribution in [0.15, 0.2) is 16.9 Å². The molecule has 0 spiro atoms. The van der Waals surface area contributed by atoms with Gasteiger partial charge in [0, 0.05) is 12.5 Å². The first-order valence-corrected chi connectivity index (χ1v) is 6.78. The van der Waals surface area contributed by atoms with Crippen LogP contribution in [0, 0.1) is 5.92 Å². The van der Waals surface area contributed by atoms with Crippen molar-refractivity contribution in [2.24, 2.45) is 5.92 Å². The van der Waals surface area contributed by atoms with Gasteiger partial charge in [0.25, 0.3) is 0 Å². The molecule has 0 saturated heterocycles. The van der Waals surface area contributed by atoms with Crippen molar-refractivity contribution in [2.75, 3.05) is 6.54 Å². The molecule has 0 aliphatic rings. The molecule has 2 N–H and O–H groups in total. The highest BCUT2D eigenvalue weighted by Crippen LogP contribution is 2.09. The molecule has 1 atom stereocenters. The van der Waals surface area contributed by atoms with Crippen LogP contribution in [-0.4, -0.2) is 32.4 Å². The van der Waals surface area contributed by atoms with E-state index in [0.717, 1.165) is 25.1 Å². The van der Waals surface area contributed by atoms with Gasteiger partial charge < -0.3 is 5.32 Å². The molecule has 2 heterocycles. The van der Waals surface area contributed by atoms with Crippen molar-refractivity contribution in [1.29, 1.82) is 0 Å². The predicted octanol–water partition coefficient (Wildman–Crippen LogP) is 0.984. The molecule has 0 bridgehead atoms. The molecule has 1 unspecified atom stereocenters. The Hall–Kier alpha value is -1.69. The SMILES string of the molecule is CCCNC(Cc1ccc2n[nH]c(=O)n2n1)C(C)C. The van der Waals surface area contributed by atoms with E-state index in [4.69, 9.17) is 0 Å². The highest BCUT2D eigenvalue weighted by Gasteiger charge is 2.14. The molecular formula is C13H21N5O. The molecule has 0 radical (unpaired) electrons. The van der Waals surface area contributed by atoms with Crippen molar-refractivity contribution in [3.8, 4) is 0 Å². The van der Waals surface area contributed by atoms with Crippen molar-refractivity contribution >= 4 is 5.65 Å². The quantitative estimate of drug-likeness (QED) is 0.815. The normalized spacial score (nSPS) is 13.3. The Balaban J connectivity index is 2.18. The number of hydrogen-bond acceptors (Lipinski definition) is 4. The van der Waals surface area contributed by atoms with Crippen molar-refractivity contribution in [3.63, 3.8) is 0 Å². The van der Waals surface area contributed by atoms with E-state index >= 15 is 0 Å². The zero-order chi connectivity index (χ0) is 13.8. The van der Waals surface area contributed by atoms with E-state index in [2.05, 4.69) is 41.4 Å². The lowest BCUT2D eigenvalue weighted by Gasteiger charge is -2.21. The molecule has 0 fully saturated rings. The lowest BCUT2D eigenvalue weighted by Crippen LogP contribution is -2.36. The minimum Gasteiger partial charge on any atom is -0.313 e. The number of rotatable bonds is 6. The van der Waals surface area contributed by atoms with Crippen molar-refractivity contribution < 1.29 is 0 Å². The lowest BCUT2D eigenvalue weighted by atomic mass is 9.99. The highest BCUT2D eigenvalue weighted by atomic mass is 16.2. The molecule has 0 amide bonds. The lowest BCUT2D eigenvalue weighted by molar-refractivity contribution is 0.393. The van der Waals surface area contributed by atoms with Crippen LogP contribution in [0.25, 0.3) is 5.65 Å². The Kier molecular flexibility index (Phi) is 4.31. The van der Waals surface area contributed by atoms with Crippen LogP contribution in [-0.2, 0) is 6.42 Å². The van der Waals surface area contributed by atoms with Crippen LogP contribution < -0.4 is 11.0 Å². The summed E-state index contributed by atoms with van der Waals surface area (Å²) in [4.78, 5) is 11.5. The van der Waals surface area contributed by atoms with Gasteiger partial charge in [0.15, 0.2) is 5.65 Å². The molecule has 6 nitrogen and oxygen atoms in total. The maximum atomic E-state index is 11.5. The smallest absolute Gasteiger partial charge is 0.313 e. The Bertz CT molecular complexity index is 586. The summed E-state index contributed by atoms with van der Waals surface area (Å²) < 4.78 is 1.31. The average molecular weight is 263 g/mol. The molecule has 0 saturated carbocycles. The van der Waals surface area contributed by atoms with Crippen molar-refractivity contribution in [3.05, 3.63) is 28.3 Å². The van der Waals surface area contributed by atoms with E-state index in [1.54, 1.807) is 0 Å². The van der Waals surface area contributed by atoms with Crippen LogP contribution >= 0.6 is 0 Å². The number of hydrogen-bond donors (Lipinski definition) is 2. The molecule has 0 aliphatic heterocycles. The second kappa shape index (κ2) is 5.97. The van der Waals surface area contributed by atoms with Gasteiger partial charge in [-0.1, -0.05) is 20.8 Å². The van der Waals surface area contributed by atoms with Gasteiger partial charge in [-0.05, 0) is 31.0 Å². The standard InChI is InChI=1S/C13H21N5O/c1-4-7-14-11(9(2)3)8-10-5-6-12-15-16-13(19)18(12)17-10/h5-6,9,11,14H,4,7-8H2,1-3H3,(H,16,19). The monoisotopic (exact) mass is 263 g/mol. The average Bonchev–Trinajstić information content (AvgIpc) is 2.76. The van der Waals surface area contributed by atoms with Crippen LogP contribution in [0.1, 0.15) is 32.9 Å². The largest absolute Gasteiger partial charge is 0.364 e. The summed E-state index contributed by atoms with van der Waals surface area (Å²) in [7, 11) is 0.